The largest absolute Gasteiger partial charge is 0.497 e. The van der Waals surface area contributed by atoms with Crippen molar-refractivity contribution >= 4 is 29.9 Å². The van der Waals surface area contributed by atoms with Crippen molar-refractivity contribution in [2.75, 3.05) is 20.7 Å². The van der Waals surface area contributed by atoms with Crippen LogP contribution < -0.4 is 20.1 Å². The molecular weight excluding hydrogens is 479 g/mol. The number of methoxy groups -OCH3 is 1. The Morgan fingerprint density at radius 3 is 2.59 bits per heavy atom. The van der Waals surface area contributed by atoms with Crippen LogP contribution in [0.25, 0.3) is 0 Å². The van der Waals surface area contributed by atoms with Gasteiger partial charge in [-0.3, -0.25) is 4.99 Å². The third kappa shape index (κ3) is 7.38. The van der Waals surface area contributed by atoms with Crippen LogP contribution in [0.1, 0.15) is 36.8 Å². The van der Waals surface area contributed by atoms with Gasteiger partial charge in [-0.05, 0) is 55.9 Å². The molecule has 1 saturated carbocycles. The zero-order chi connectivity index (χ0) is 19.6. The first-order valence-corrected chi connectivity index (χ1v) is 9.96. The second-order valence-corrected chi connectivity index (χ2v) is 6.94. The number of aromatic nitrogens is 1. The minimum atomic E-state index is 0. The van der Waals surface area contributed by atoms with E-state index < -0.39 is 0 Å². The number of guanidine groups is 1. The molecule has 1 heterocycles. The Hall–Kier alpha value is -2.03. The van der Waals surface area contributed by atoms with Crippen molar-refractivity contribution in [3.8, 4) is 11.6 Å². The van der Waals surface area contributed by atoms with Crippen molar-refractivity contribution in [1.29, 1.82) is 0 Å². The summed E-state index contributed by atoms with van der Waals surface area (Å²) < 4.78 is 11.3. The molecule has 1 aliphatic carbocycles. The molecule has 0 saturated heterocycles. The third-order valence-corrected chi connectivity index (χ3v) is 4.97. The summed E-state index contributed by atoms with van der Waals surface area (Å²) in [7, 11) is 3.46. The molecule has 0 radical (unpaired) electrons. The topological polar surface area (TPSA) is 67.8 Å². The fourth-order valence-corrected chi connectivity index (χ4v) is 3.35. The number of pyridine rings is 1. The highest BCUT2D eigenvalue weighted by Crippen LogP contribution is 2.24. The highest BCUT2D eigenvalue weighted by Gasteiger charge is 2.18. The van der Waals surface area contributed by atoms with E-state index in [1.54, 1.807) is 20.4 Å². The van der Waals surface area contributed by atoms with Gasteiger partial charge in [-0.1, -0.05) is 18.2 Å². The van der Waals surface area contributed by atoms with E-state index in [4.69, 9.17) is 9.47 Å². The Kier molecular flexibility index (Phi) is 10.0. The summed E-state index contributed by atoms with van der Waals surface area (Å²) in [5.74, 6) is 2.38. The summed E-state index contributed by atoms with van der Waals surface area (Å²) in [6, 6.07) is 12.1. The van der Waals surface area contributed by atoms with Crippen LogP contribution in [0.15, 0.2) is 47.6 Å². The summed E-state index contributed by atoms with van der Waals surface area (Å²) >= 11 is 0. The lowest BCUT2D eigenvalue weighted by Gasteiger charge is -2.17. The number of aliphatic imine (C=N–C) groups is 1. The lowest BCUT2D eigenvalue weighted by molar-refractivity contribution is 0.199. The van der Waals surface area contributed by atoms with E-state index in [1.807, 2.05) is 18.2 Å². The molecule has 1 aromatic carbocycles. The van der Waals surface area contributed by atoms with Gasteiger partial charge >= 0.3 is 0 Å². The van der Waals surface area contributed by atoms with Crippen LogP contribution in [-0.4, -0.2) is 37.7 Å². The van der Waals surface area contributed by atoms with Gasteiger partial charge in [0.1, 0.15) is 11.9 Å². The monoisotopic (exact) mass is 510 g/mol. The van der Waals surface area contributed by atoms with Crippen molar-refractivity contribution in [2.45, 2.75) is 44.8 Å². The maximum atomic E-state index is 6.11. The fourth-order valence-electron chi connectivity index (χ4n) is 3.35. The van der Waals surface area contributed by atoms with E-state index in [2.05, 4.69) is 38.8 Å². The Morgan fingerprint density at radius 1 is 1.14 bits per heavy atom. The highest BCUT2D eigenvalue weighted by molar-refractivity contribution is 14.0. The molecule has 2 aromatic rings. The number of hydrogen-bond acceptors (Lipinski definition) is 4. The number of nitrogens with one attached hydrogen (secondary N) is 2. The average molecular weight is 510 g/mol. The van der Waals surface area contributed by atoms with Crippen molar-refractivity contribution in [3.05, 3.63) is 53.7 Å². The minimum absolute atomic E-state index is 0. The predicted molar refractivity (Wildman–Crippen MR) is 127 cm³/mol. The van der Waals surface area contributed by atoms with Crippen molar-refractivity contribution in [2.24, 2.45) is 4.99 Å². The van der Waals surface area contributed by atoms with Crippen LogP contribution in [-0.2, 0) is 13.0 Å². The molecule has 0 amide bonds. The fraction of sp³-hybridized carbons (Fsp3) is 0.455. The first-order valence-electron chi connectivity index (χ1n) is 9.96. The van der Waals surface area contributed by atoms with Gasteiger partial charge in [-0.2, -0.15) is 0 Å². The maximum absolute atomic E-state index is 6.11. The molecule has 0 atom stereocenters. The molecule has 1 aromatic heterocycles. The first-order chi connectivity index (χ1) is 13.8. The molecule has 158 valence electrons. The smallest absolute Gasteiger partial charge is 0.218 e. The first kappa shape index (κ1) is 23.3. The highest BCUT2D eigenvalue weighted by atomic mass is 127. The summed E-state index contributed by atoms with van der Waals surface area (Å²) in [5.41, 5.74) is 2.30. The SMILES string of the molecule is CN=C(NCCc1ccc(OC)cc1)NCc1cccnc1OC1CCCC1.I. The standard InChI is InChI=1S/C22H30N4O2.HI/c1-23-22(25-15-13-17-9-11-19(27-2)12-10-17)26-16-18-6-5-14-24-21(18)28-20-7-3-4-8-20;/h5-6,9-12,14,20H,3-4,7-8,13,15-16H2,1-2H3,(H2,23,25,26);1H. The summed E-state index contributed by atoms with van der Waals surface area (Å²) in [4.78, 5) is 8.74. The van der Waals surface area contributed by atoms with Gasteiger partial charge < -0.3 is 20.1 Å². The zero-order valence-electron chi connectivity index (χ0n) is 17.2. The molecule has 0 spiro atoms. The number of ether oxygens (including phenoxy) is 2. The molecule has 0 aliphatic heterocycles. The second-order valence-electron chi connectivity index (χ2n) is 6.94. The maximum Gasteiger partial charge on any atom is 0.218 e. The van der Waals surface area contributed by atoms with E-state index in [-0.39, 0.29) is 24.0 Å². The molecule has 0 bridgehead atoms. The Morgan fingerprint density at radius 2 is 1.90 bits per heavy atom. The lowest BCUT2D eigenvalue weighted by Crippen LogP contribution is -2.38. The Labute approximate surface area is 190 Å². The molecule has 0 unspecified atom stereocenters. The van der Waals surface area contributed by atoms with E-state index in [0.717, 1.165) is 49.0 Å². The van der Waals surface area contributed by atoms with Crippen LogP contribution in [0.5, 0.6) is 11.6 Å². The van der Waals surface area contributed by atoms with Gasteiger partial charge in [0.15, 0.2) is 5.96 Å². The normalized spacial score (nSPS) is 14.2. The van der Waals surface area contributed by atoms with Gasteiger partial charge in [0.25, 0.3) is 0 Å². The number of benzene rings is 1. The van der Waals surface area contributed by atoms with E-state index in [9.17, 15) is 0 Å². The van der Waals surface area contributed by atoms with E-state index in [1.165, 1.54) is 18.4 Å². The van der Waals surface area contributed by atoms with E-state index >= 15 is 0 Å². The number of hydrogen-bond donors (Lipinski definition) is 2. The molecule has 6 nitrogen and oxygen atoms in total. The van der Waals surface area contributed by atoms with E-state index in [0.29, 0.717) is 12.6 Å². The summed E-state index contributed by atoms with van der Waals surface area (Å²) in [6.07, 6.45) is 7.74. The van der Waals surface area contributed by atoms with Gasteiger partial charge in [0.05, 0.1) is 7.11 Å². The van der Waals surface area contributed by atoms with Gasteiger partial charge in [-0.25, -0.2) is 4.98 Å². The molecule has 29 heavy (non-hydrogen) atoms. The van der Waals surface area contributed by atoms with Crippen molar-refractivity contribution < 1.29 is 9.47 Å². The zero-order valence-corrected chi connectivity index (χ0v) is 19.5. The molecule has 2 N–H and O–H groups in total. The molecule has 3 rings (SSSR count). The minimum Gasteiger partial charge on any atom is -0.497 e. The average Bonchev–Trinajstić information content (AvgIpc) is 3.25. The van der Waals surface area contributed by atoms with Crippen molar-refractivity contribution in [3.63, 3.8) is 0 Å². The number of nitrogens with zero attached hydrogens (tertiary/aromatic N) is 2. The summed E-state index contributed by atoms with van der Waals surface area (Å²) in [6.45, 7) is 1.42. The summed E-state index contributed by atoms with van der Waals surface area (Å²) in [5, 5.41) is 6.71. The molecule has 1 aliphatic rings. The van der Waals surface area contributed by atoms with Crippen LogP contribution in [0.2, 0.25) is 0 Å². The predicted octanol–water partition coefficient (Wildman–Crippen LogP) is 3.94. The van der Waals surface area contributed by atoms with Crippen LogP contribution >= 0.6 is 24.0 Å². The Balaban J connectivity index is 0.00000300. The molecule has 7 heteroatoms. The third-order valence-electron chi connectivity index (χ3n) is 4.97. The van der Waals surface area contributed by atoms with Crippen molar-refractivity contribution in [1.82, 2.24) is 15.6 Å². The number of halogens is 1. The van der Waals surface area contributed by atoms with Gasteiger partial charge in [-0.15, -0.1) is 24.0 Å². The van der Waals surface area contributed by atoms with Crippen LogP contribution in [0.4, 0.5) is 0 Å². The molecule has 1 fully saturated rings. The lowest BCUT2D eigenvalue weighted by atomic mass is 10.1. The van der Waals surface area contributed by atoms with Gasteiger partial charge in [0.2, 0.25) is 5.88 Å². The van der Waals surface area contributed by atoms with Crippen LogP contribution in [0.3, 0.4) is 0 Å². The number of rotatable bonds is 8. The molecular formula is C22H31IN4O2. The van der Waals surface area contributed by atoms with Crippen LogP contribution in [0, 0.1) is 0 Å². The Bertz CT molecular complexity index is 762. The second kappa shape index (κ2) is 12.5. The van der Waals surface area contributed by atoms with Gasteiger partial charge in [0, 0.05) is 31.9 Å². The quantitative estimate of drug-likeness (QED) is 0.320.